The lowest BCUT2D eigenvalue weighted by Crippen LogP contribution is -2.46. The van der Waals surface area contributed by atoms with Crippen LogP contribution in [0.2, 0.25) is 0 Å². The summed E-state index contributed by atoms with van der Waals surface area (Å²) in [7, 11) is 1.73. The van der Waals surface area contributed by atoms with Crippen molar-refractivity contribution < 1.29 is 10.2 Å². The number of hydrogen-bond acceptors (Lipinski definition) is 6. The fraction of sp³-hybridized carbons (Fsp3) is 0.333. The topological polar surface area (TPSA) is 105 Å². The number of aromatic nitrogens is 2. The third kappa shape index (κ3) is 3.91. The Morgan fingerprint density at radius 1 is 1.15 bits per heavy atom. The molecule has 7 nitrogen and oxygen atoms in total. The van der Waals surface area contributed by atoms with E-state index in [1.165, 1.54) is 35.5 Å². The number of nitrogens with zero attached hydrogens (tertiary/aromatic N) is 3. The molecule has 0 bridgehead atoms. The first-order valence-corrected chi connectivity index (χ1v) is 11.5. The predicted molar refractivity (Wildman–Crippen MR) is 131 cm³/mol. The molecule has 5 rings (SSSR count). The summed E-state index contributed by atoms with van der Waals surface area (Å²) in [5.41, 5.74) is 10.2. The average Bonchev–Trinajstić information content (AvgIpc) is 3.08. The number of rotatable bonds is 2. The van der Waals surface area contributed by atoms with Gasteiger partial charge in [0.2, 0.25) is 5.95 Å². The summed E-state index contributed by atoms with van der Waals surface area (Å²) in [5, 5.41) is 19.2. The first-order chi connectivity index (χ1) is 16.4. The Morgan fingerprint density at radius 3 is 2.56 bits per heavy atom. The molecule has 2 heterocycles. The minimum Gasteiger partial charge on any atom is -0.508 e. The Kier molecular flexibility index (Phi) is 5.54. The molecule has 1 spiro atoms. The number of phenolic OH excluding ortho intramolecular Hbond substituents is 2. The predicted octanol–water partition coefficient (Wildman–Crippen LogP) is 2.63. The standard InChI is InChI=1S/C27H28N4O3/c1-30-25(34)20(7-4-5-18-13-21(32)15-22(33)14-18)17-29-26(30)31-11-9-27(10-12-31)16-19-6-2-3-8-23(19)24(27)28/h2-3,6,8,13-15,17,24,32-33H,5,9-12,16,28H2,1H3/t24-/m1/s1. The van der Waals surface area contributed by atoms with Crippen LogP contribution in [-0.4, -0.2) is 32.9 Å². The molecule has 174 valence electrons. The number of phenols is 2. The lowest BCUT2D eigenvalue weighted by molar-refractivity contribution is 0.186. The Labute approximate surface area is 198 Å². The molecule has 3 aromatic rings. The van der Waals surface area contributed by atoms with Gasteiger partial charge in [-0.3, -0.25) is 9.36 Å². The zero-order chi connectivity index (χ0) is 23.9. The molecule has 34 heavy (non-hydrogen) atoms. The first kappa shape index (κ1) is 22.1. The van der Waals surface area contributed by atoms with E-state index in [9.17, 15) is 15.0 Å². The highest BCUT2D eigenvalue weighted by Crippen LogP contribution is 2.50. The lowest BCUT2D eigenvalue weighted by Gasteiger charge is -2.42. The Balaban J connectivity index is 1.29. The van der Waals surface area contributed by atoms with Crippen LogP contribution in [0.5, 0.6) is 11.5 Å². The van der Waals surface area contributed by atoms with Gasteiger partial charge in [-0.05, 0) is 53.5 Å². The Morgan fingerprint density at radius 2 is 1.85 bits per heavy atom. The quantitative estimate of drug-likeness (QED) is 0.512. The van der Waals surface area contributed by atoms with Crippen molar-refractivity contribution in [2.45, 2.75) is 31.7 Å². The van der Waals surface area contributed by atoms with Crippen molar-refractivity contribution in [1.82, 2.24) is 9.55 Å². The van der Waals surface area contributed by atoms with Crippen LogP contribution in [0.15, 0.2) is 53.5 Å². The van der Waals surface area contributed by atoms with E-state index in [0.717, 1.165) is 32.4 Å². The van der Waals surface area contributed by atoms with Gasteiger partial charge in [0, 0.05) is 38.7 Å². The summed E-state index contributed by atoms with van der Waals surface area (Å²) in [5.74, 6) is 6.41. The molecule has 1 aromatic heterocycles. The molecular weight excluding hydrogens is 428 g/mol. The van der Waals surface area contributed by atoms with E-state index in [4.69, 9.17) is 5.73 Å². The smallest absolute Gasteiger partial charge is 0.270 e. The number of fused-ring (bicyclic) bond motifs is 1. The number of nitrogens with two attached hydrogens (primary N) is 1. The van der Waals surface area contributed by atoms with Gasteiger partial charge in [0.05, 0.1) is 6.20 Å². The summed E-state index contributed by atoms with van der Waals surface area (Å²) in [6, 6.07) is 12.9. The fourth-order valence-electron chi connectivity index (χ4n) is 5.37. The maximum atomic E-state index is 12.9. The number of piperidine rings is 1. The number of benzene rings is 2. The minimum absolute atomic E-state index is 0.0236. The summed E-state index contributed by atoms with van der Waals surface area (Å²) in [4.78, 5) is 19.7. The van der Waals surface area contributed by atoms with Gasteiger partial charge >= 0.3 is 0 Å². The van der Waals surface area contributed by atoms with Crippen LogP contribution in [0.1, 0.15) is 41.1 Å². The number of aromatic hydroxyl groups is 2. The normalized spacial score (nSPS) is 18.4. The maximum absolute atomic E-state index is 12.9. The number of anilines is 1. The van der Waals surface area contributed by atoms with Crippen molar-refractivity contribution in [2.75, 3.05) is 18.0 Å². The summed E-state index contributed by atoms with van der Waals surface area (Å²) < 4.78 is 1.56. The van der Waals surface area contributed by atoms with E-state index in [0.29, 0.717) is 23.5 Å². The van der Waals surface area contributed by atoms with Gasteiger partial charge in [0.15, 0.2) is 0 Å². The number of hydrogen-bond donors (Lipinski definition) is 3. The molecule has 2 aliphatic rings. The highest BCUT2D eigenvalue weighted by molar-refractivity contribution is 5.43. The summed E-state index contributed by atoms with van der Waals surface area (Å²) >= 11 is 0. The lowest BCUT2D eigenvalue weighted by atomic mass is 9.73. The van der Waals surface area contributed by atoms with Crippen molar-refractivity contribution in [2.24, 2.45) is 18.2 Å². The zero-order valence-corrected chi connectivity index (χ0v) is 19.2. The summed E-state index contributed by atoms with van der Waals surface area (Å²) in [6.45, 7) is 1.60. The molecule has 0 radical (unpaired) electrons. The van der Waals surface area contributed by atoms with Gasteiger partial charge in [0.1, 0.15) is 17.1 Å². The molecule has 0 unspecified atom stereocenters. The second kappa shape index (κ2) is 8.54. The van der Waals surface area contributed by atoms with Crippen LogP contribution in [0, 0.1) is 17.3 Å². The second-order valence-electron chi connectivity index (χ2n) is 9.37. The fourth-order valence-corrected chi connectivity index (χ4v) is 5.37. The summed E-state index contributed by atoms with van der Waals surface area (Å²) in [6.07, 6.45) is 4.75. The van der Waals surface area contributed by atoms with Crippen LogP contribution < -0.4 is 16.2 Å². The van der Waals surface area contributed by atoms with E-state index in [1.807, 2.05) is 0 Å². The van der Waals surface area contributed by atoms with Crippen LogP contribution in [0.3, 0.4) is 0 Å². The Bertz CT molecular complexity index is 1340. The van der Waals surface area contributed by atoms with Gasteiger partial charge in [-0.15, -0.1) is 0 Å². The first-order valence-electron chi connectivity index (χ1n) is 11.5. The molecule has 1 aliphatic heterocycles. The van der Waals surface area contributed by atoms with E-state index < -0.39 is 0 Å². The minimum atomic E-state index is -0.193. The average molecular weight is 457 g/mol. The van der Waals surface area contributed by atoms with Crippen LogP contribution in [-0.2, 0) is 19.9 Å². The van der Waals surface area contributed by atoms with Gasteiger partial charge in [-0.1, -0.05) is 36.1 Å². The van der Waals surface area contributed by atoms with Gasteiger partial charge in [-0.25, -0.2) is 4.98 Å². The molecule has 1 atom stereocenters. The molecule has 7 heteroatoms. The molecule has 1 saturated heterocycles. The van der Waals surface area contributed by atoms with Crippen molar-refractivity contribution >= 4 is 5.95 Å². The molecule has 1 aliphatic carbocycles. The van der Waals surface area contributed by atoms with E-state index >= 15 is 0 Å². The SMILES string of the molecule is Cn1c(N2CCC3(CC2)Cc2ccccc2[C@H]3N)ncc(C#CCc2cc(O)cc(O)c2)c1=O. The van der Waals surface area contributed by atoms with Crippen molar-refractivity contribution in [1.29, 1.82) is 0 Å². The highest BCUT2D eigenvalue weighted by Gasteiger charge is 2.46. The molecular formula is C27H28N4O3. The molecule has 0 saturated carbocycles. The van der Waals surface area contributed by atoms with E-state index in [1.54, 1.807) is 11.6 Å². The van der Waals surface area contributed by atoms with Crippen molar-refractivity contribution in [3.63, 3.8) is 0 Å². The molecule has 4 N–H and O–H groups in total. The van der Waals surface area contributed by atoms with Crippen LogP contribution in [0.25, 0.3) is 0 Å². The van der Waals surface area contributed by atoms with Gasteiger partial charge < -0.3 is 20.8 Å². The van der Waals surface area contributed by atoms with Gasteiger partial charge in [-0.2, -0.15) is 0 Å². The highest BCUT2D eigenvalue weighted by atomic mass is 16.3. The van der Waals surface area contributed by atoms with Crippen molar-refractivity contribution in [3.8, 4) is 23.3 Å². The monoisotopic (exact) mass is 456 g/mol. The van der Waals surface area contributed by atoms with Gasteiger partial charge in [0.25, 0.3) is 5.56 Å². The molecule has 1 fully saturated rings. The third-order valence-electron chi connectivity index (χ3n) is 7.26. The van der Waals surface area contributed by atoms with E-state index in [2.05, 4.69) is 46.0 Å². The van der Waals surface area contributed by atoms with Crippen molar-refractivity contribution in [3.05, 3.63) is 81.3 Å². The second-order valence-corrected chi connectivity index (χ2v) is 9.37. The van der Waals surface area contributed by atoms with Crippen LogP contribution in [0.4, 0.5) is 5.95 Å². The van der Waals surface area contributed by atoms with Crippen LogP contribution >= 0.6 is 0 Å². The zero-order valence-electron chi connectivity index (χ0n) is 19.2. The Hall–Kier alpha value is -3.76. The largest absolute Gasteiger partial charge is 0.508 e. The maximum Gasteiger partial charge on any atom is 0.270 e. The molecule has 2 aromatic carbocycles. The molecule has 0 amide bonds. The third-order valence-corrected chi connectivity index (χ3v) is 7.26. The van der Waals surface area contributed by atoms with E-state index in [-0.39, 0.29) is 28.5 Å².